The van der Waals surface area contributed by atoms with Crippen molar-refractivity contribution < 1.29 is 19.1 Å². The molecule has 1 amide bonds. The summed E-state index contributed by atoms with van der Waals surface area (Å²) >= 11 is 0. The van der Waals surface area contributed by atoms with Crippen LogP contribution in [0, 0.1) is 6.92 Å². The van der Waals surface area contributed by atoms with Crippen molar-refractivity contribution >= 4 is 28.6 Å². The average molecular weight is 490 g/mol. The molecule has 10 heteroatoms. The van der Waals surface area contributed by atoms with Gasteiger partial charge >= 0.3 is 5.97 Å². The number of hydrogen-bond donors (Lipinski definition) is 0. The Morgan fingerprint density at radius 3 is 2.67 bits per heavy atom. The highest BCUT2D eigenvalue weighted by molar-refractivity contribution is 5.97. The molecule has 0 aliphatic carbocycles. The zero-order valence-corrected chi connectivity index (χ0v) is 20.4. The molecule has 10 nitrogen and oxygen atoms in total. The molecular weight excluding hydrogens is 462 g/mol. The quantitative estimate of drug-likeness (QED) is 0.212. The number of aromatic nitrogens is 4. The van der Waals surface area contributed by atoms with Crippen LogP contribution in [0.15, 0.2) is 58.7 Å². The second-order valence-corrected chi connectivity index (χ2v) is 8.00. The molecule has 0 radical (unpaired) electrons. The van der Waals surface area contributed by atoms with E-state index in [1.807, 2.05) is 19.9 Å². The van der Waals surface area contributed by atoms with Crippen LogP contribution in [0.4, 0.5) is 0 Å². The maximum Gasteiger partial charge on any atom is 0.341 e. The van der Waals surface area contributed by atoms with Gasteiger partial charge in [0, 0.05) is 38.3 Å². The van der Waals surface area contributed by atoms with Crippen LogP contribution in [0.25, 0.3) is 16.7 Å². The van der Waals surface area contributed by atoms with E-state index in [0.717, 1.165) is 5.56 Å². The molecule has 0 atom stereocenters. The van der Waals surface area contributed by atoms with Crippen molar-refractivity contribution in [1.29, 1.82) is 0 Å². The third kappa shape index (κ3) is 4.94. The number of ether oxygens (including phenoxy) is 2. The molecule has 0 bridgehead atoms. The summed E-state index contributed by atoms with van der Waals surface area (Å²) in [4.78, 5) is 52.6. The van der Waals surface area contributed by atoms with Crippen molar-refractivity contribution in [3.63, 3.8) is 0 Å². The summed E-state index contributed by atoms with van der Waals surface area (Å²) in [5.74, 6) is -1.27. The number of aryl methyl sites for hydroxylation is 2. The van der Waals surface area contributed by atoms with Crippen molar-refractivity contribution in [2.24, 2.45) is 4.99 Å². The standard InChI is InChI=1S/C26H27N5O5/c1-4-35-14-8-13-30-22-19(25(33)31-12-7-9-17(3)21(31)28-22)15-20(26(34)36-5-2)23(30)29-24(32)18-10-6-11-27-16-18/h6-7,9-12,15-16H,4-5,8,13-14H2,1-3H3. The highest BCUT2D eigenvalue weighted by Gasteiger charge is 2.20. The fourth-order valence-electron chi connectivity index (χ4n) is 3.90. The zero-order chi connectivity index (χ0) is 25.7. The Morgan fingerprint density at radius 2 is 1.94 bits per heavy atom. The first-order valence-corrected chi connectivity index (χ1v) is 11.8. The van der Waals surface area contributed by atoms with Crippen LogP contribution in [0.1, 0.15) is 46.5 Å². The predicted molar refractivity (Wildman–Crippen MR) is 133 cm³/mol. The Bertz CT molecular complexity index is 1560. The van der Waals surface area contributed by atoms with Crippen molar-refractivity contribution in [2.75, 3.05) is 19.8 Å². The number of carbonyl (C=O) groups is 2. The third-order valence-electron chi connectivity index (χ3n) is 5.59. The van der Waals surface area contributed by atoms with Crippen LogP contribution in [0.5, 0.6) is 0 Å². The molecule has 4 rings (SSSR count). The van der Waals surface area contributed by atoms with Crippen LogP contribution in [-0.4, -0.2) is 50.6 Å². The largest absolute Gasteiger partial charge is 0.462 e. The van der Waals surface area contributed by atoms with E-state index in [1.165, 1.54) is 16.7 Å². The molecule has 4 aromatic rings. The number of pyridine rings is 3. The second kappa shape index (κ2) is 11.0. The highest BCUT2D eigenvalue weighted by atomic mass is 16.5. The predicted octanol–water partition coefficient (Wildman–Crippen LogP) is 2.70. The van der Waals surface area contributed by atoms with Crippen molar-refractivity contribution in [2.45, 2.75) is 33.7 Å². The van der Waals surface area contributed by atoms with E-state index in [-0.39, 0.29) is 34.2 Å². The van der Waals surface area contributed by atoms with Crippen molar-refractivity contribution in [3.05, 3.63) is 81.5 Å². The average Bonchev–Trinajstić information content (AvgIpc) is 2.88. The van der Waals surface area contributed by atoms with E-state index in [1.54, 1.807) is 42.1 Å². The molecule has 0 aliphatic heterocycles. The number of fused-ring (bicyclic) bond motifs is 2. The molecule has 36 heavy (non-hydrogen) atoms. The topological polar surface area (TPSA) is 117 Å². The lowest BCUT2D eigenvalue weighted by atomic mass is 10.2. The van der Waals surface area contributed by atoms with Gasteiger partial charge in [0.25, 0.3) is 11.5 Å². The lowest BCUT2D eigenvalue weighted by molar-refractivity contribution is 0.0523. The zero-order valence-electron chi connectivity index (χ0n) is 20.4. The number of carbonyl (C=O) groups excluding carboxylic acids is 2. The first-order valence-electron chi connectivity index (χ1n) is 11.8. The summed E-state index contributed by atoms with van der Waals surface area (Å²) in [5.41, 5.74) is 1.58. The van der Waals surface area contributed by atoms with Crippen LogP contribution >= 0.6 is 0 Å². The fourth-order valence-corrected chi connectivity index (χ4v) is 3.90. The molecule has 4 aromatic heterocycles. The fraction of sp³-hybridized carbons (Fsp3) is 0.308. The molecule has 0 saturated heterocycles. The van der Waals surface area contributed by atoms with Gasteiger partial charge in [0.05, 0.1) is 17.6 Å². The van der Waals surface area contributed by atoms with Gasteiger partial charge in [-0.05, 0) is 57.0 Å². The van der Waals surface area contributed by atoms with Gasteiger partial charge in [-0.1, -0.05) is 6.07 Å². The third-order valence-corrected chi connectivity index (χ3v) is 5.59. The number of rotatable bonds is 8. The van der Waals surface area contributed by atoms with E-state index in [2.05, 4.69) is 9.98 Å². The minimum atomic E-state index is -0.690. The molecule has 0 spiro atoms. The molecule has 0 N–H and O–H groups in total. The lowest BCUT2D eigenvalue weighted by Crippen LogP contribution is -2.33. The number of esters is 1. The Kier molecular flexibility index (Phi) is 7.65. The summed E-state index contributed by atoms with van der Waals surface area (Å²) in [6, 6.07) is 8.24. The maximum atomic E-state index is 13.5. The smallest absolute Gasteiger partial charge is 0.341 e. The van der Waals surface area contributed by atoms with Gasteiger partial charge in [0.2, 0.25) is 0 Å². The molecule has 186 valence electrons. The van der Waals surface area contributed by atoms with Gasteiger partial charge in [-0.15, -0.1) is 0 Å². The van der Waals surface area contributed by atoms with Crippen molar-refractivity contribution in [3.8, 4) is 0 Å². The second-order valence-electron chi connectivity index (χ2n) is 8.00. The van der Waals surface area contributed by atoms with E-state index < -0.39 is 11.9 Å². The van der Waals surface area contributed by atoms with Crippen LogP contribution in [-0.2, 0) is 16.0 Å². The SMILES string of the molecule is CCOCCCn1c(=NC(=O)c2cccnc2)c(C(=O)OCC)cc2c(=O)n3cccc(C)c3nc21. The molecule has 0 aliphatic rings. The highest BCUT2D eigenvalue weighted by Crippen LogP contribution is 2.14. The first-order chi connectivity index (χ1) is 17.5. The van der Waals surface area contributed by atoms with Gasteiger partial charge in [0.1, 0.15) is 16.9 Å². The molecule has 0 saturated carbocycles. The number of nitrogens with zero attached hydrogens (tertiary/aromatic N) is 5. The minimum Gasteiger partial charge on any atom is -0.462 e. The molecular formula is C26H27N5O5. The molecule has 0 unspecified atom stereocenters. The summed E-state index contributed by atoms with van der Waals surface area (Å²) in [6.45, 7) is 6.85. The Labute approximate surface area is 206 Å². The van der Waals surface area contributed by atoms with Gasteiger partial charge in [-0.2, -0.15) is 4.99 Å². The van der Waals surface area contributed by atoms with Gasteiger partial charge in [0.15, 0.2) is 5.49 Å². The van der Waals surface area contributed by atoms with Gasteiger partial charge < -0.3 is 14.0 Å². The monoisotopic (exact) mass is 489 g/mol. The Morgan fingerprint density at radius 1 is 1.11 bits per heavy atom. The van der Waals surface area contributed by atoms with Crippen LogP contribution in [0.2, 0.25) is 0 Å². The Hall–Kier alpha value is -4.18. The van der Waals surface area contributed by atoms with Gasteiger partial charge in [-0.25, -0.2) is 9.78 Å². The first kappa shape index (κ1) is 24.9. The van der Waals surface area contributed by atoms with Gasteiger partial charge in [-0.3, -0.25) is 19.0 Å². The molecule has 4 heterocycles. The minimum absolute atomic E-state index is 0.00417. The summed E-state index contributed by atoms with van der Waals surface area (Å²) < 4.78 is 13.8. The van der Waals surface area contributed by atoms with E-state index in [0.29, 0.717) is 37.5 Å². The van der Waals surface area contributed by atoms with Crippen LogP contribution < -0.4 is 11.0 Å². The van der Waals surface area contributed by atoms with E-state index in [4.69, 9.17) is 14.5 Å². The maximum absolute atomic E-state index is 13.5. The van der Waals surface area contributed by atoms with Crippen LogP contribution in [0.3, 0.4) is 0 Å². The number of amides is 1. The van der Waals surface area contributed by atoms with E-state index >= 15 is 0 Å². The molecule has 0 aromatic carbocycles. The summed E-state index contributed by atoms with van der Waals surface area (Å²) in [7, 11) is 0. The summed E-state index contributed by atoms with van der Waals surface area (Å²) in [5, 5.41) is 0.213. The van der Waals surface area contributed by atoms with E-state index in [9.17, 15) is 14.4 Å². The normalized spacial score (nSPS) is 11.8. The molecule has 0 fully saturated rings. The lowest BCUT2D eigenvalue weighted by Gasteiger charge is -2.15. The van der Waals surface area contributed by atoms with Crippen molar-refractivity contribution in [1.82, 2.24) is 18.9 Å². The Balaban J connectivity index is 2.09. The summed E-state index contributed by atoms with van der Waals surface area (Å²) in [6.07, 6.45) is 5.12. The number of hydrogen-bond acceptors (Lipinski definition) is 7.